The lowest BCUT2D eigenvalue weighted by Gasteiger charge is -2.08. The first-order chi connectivity index (χ1) is 51.5. The fraction of sp³-hybridized carbons (Fsp3) is 0.0769. The fourth-order valence-electron chi connectivity index (χ4n) is 11.4. The van der Waals surface area contributed by atoms with Crippen molar-refractivity contribution in [2.45, 2.75) is 38.9 Å². The molecule has 106 heavy (non-hydrogen) atoms. The van der Waals surface area contributed by atoms with Crippen molar-refractivity contribution in [2.75, 3.05) is 0 Å². The monoisotopic (exact) mass is 1450 g/mol. The lowest BCUT2D eigenvalue weighted by atomic mass is 10.0. The molecule has 0 aliphatic heterocycles. The predicted octanol–water partition coefficient (Wildman–Crippen LogP) is 13.2. The second-order valence-electron chi connectivity index (χ2n) is 23.6. The number of carbonyl (C=O) groups excluding carboxylic acids is 2. The molecule has 3 aromatic carbocycles. The maximum absolute atomic E-state index is 12.8. The van der Waals surface area contributed by atoms with Crippen LogP contribution in [0.4, 0.5) is 0 Å². The zero-order valence-corrected chi connectivity index (χ0v) is 57.4. The fourth-order valence-corrected chi connectivity index (χ4v) is 12.0. The van der Waals surface area contributed by atoms with Crippen molar-refractivity contribution < 1.29 is 19.5 Å². The van der Waals surface area contributed by atoms with E-state index < -0.39 is 5.97 Å². The van der Waals surface area contributed by atoms with E-state index in [0.717, 1.165) is 55.2 Å². The number of carbonyl (C=O) groups is 3. The van der Waals surface area contributed by atoms with Crippen molar-refractivity contribution >= 4 is 118 Å². The number of nitrogens with zero attached hydrogens (tertiary/aromatic N) is 15. The van der Waals surface area contributed by atoms with Crippen LogP contribution in [0.25, 0.3) is 65.8 Å². The first-order valence-corrected chi connectivity index (χ1v) is 33.0. The number of halogens is 3. The third kappa shape index (κ3) is 16.8. The van der Waals surface area contributed by atoms with Crippen LogP contribution in [0.1, 0.15) is 115 Å². The van der Waals surface area contributed by atoms with Gasteiger partial charge >= 0.3 is 5.97 Å². The number of pyridine rings is 9. The molecular formula is C78H50Cl3N21O4. The first-order valence-electron chi connectivity index (χ1n) is 31.9. The number of carboxylic acid groups (broad SMARTS) is 1. The average molecular weight is 1450 g/mol. The predicted molar refractivity (Wildman–Crippen MR) is 395 cm³/mol. The van der Waals surface area contributed by atoms with E-state index in [2.05, 4.69) is 101 Å². The molecule has 0 saturated carbocycles. The molecule has 0 unspecified atom stereocenters. The first kappa shape index (κ1) is 71.4. The van der Waals surface area contributed by atoms with Crippen LogP contribution in [-0.2, 0) is 38.9 Å². The summed E-state index contributed by atoms with van der Waals surface area (Å²) < 4.78 is 0. The molecule has 512 valence electrons. The van der Waals surface area contributed by atoms with Gasteiger partial charge in [0.1, 0.15) is 53.4 Å². The normalized spacial score (nSPS) is 10.6. The molecule has 12 aromatic heterocycles. The number of nitrogens with one attached hydrogen (secondary N) is 5. The van der Waals surface area contributed by atoms with Crippen molar-refractivity contribution in [3.8, 4) is 36.4 Å². The van der Waals surface area contributed by atoms with Gasteiger partial charge < -0.3 is 36.4 Å². The zero-order valence-electron chi connectivity index (χ0n) is 55.2. The number of nitrogens with two attached hydrogens (primary N) is 1. The Hall–Kier alpha value is -14.4. The summed E-state index contributed by atoms with van der Waals surface area (Å²) in [5, 5.41) is 77.0. The van der Waals surface area contributed by atoms with Gasteiger partial charge in [0.05, 0.1) is 70.6 Å². The molecule has 0 spiro atoms. The average Bonchev–Trinajstić information content (AvgIpc) is 1.44. The van der Waals surface area contributed by atoms with Gasteiger partial charge in [-0.15, -0.1) is 0 Å². The smallest absolute Gasteiger partial charge is 0.335 e. The van der Waals surface area contributed by atoms with Crippen LogP contribution < -0.4 is 16.4 Å². The molecule has 15 rings (SSSR count). The number of aromatic carboxylic acids is 1. The van der Waals surface area contributed by atoms with E-state index in [1.54, 1.807) is 110 Å². The number of aromatic nitrogens is 12. The minimum atomic E-state index is -1.02. The number of carboxylic acids is 1. The van der Waals surface area contributed by atoms with Gasteiger partial charge in [-0.3, -0.25) is 39.5 Å². The second-order valence-corrected chi connectivity index (χ2v) is 24.9. The van der Waals surface area contributed by atoms with E-state index >= 15 is 0 Å². The molecule has 28 heteroatoms. The summed E-state index contributed by atoms with van der Waals surface area (Å²) in [7, 11) is 0. The number of hydrogen-bond acceptors (Lipinski definition) is 19. The van der Waals surface area contributed by atoms with E-state index in [0.29, 0.717) is 160 Å². The third-order valence-corrected chi connectivity index (χ3v) is 17.3. The molecule has 15 aromatic rings. The number of H-pyrrole nitrogens is 3. The highest BCUT2D eigenvalue weighted by molar-refractivity contribution is 6.36. The van der Waals surface area contributed by atoms with Gasteiger partial charge in [-0.25, -0.2) is 19.7 Å². The van der Waals surface area contributed by atoms with E-state index in [-0.39, 0.29) is 17.4 Å². The van der Waals surface area contributed by atoms with Gasteiger partial charge in [0.2, 0.25) is 0 Å². The molecule has 0 atom stereocenters. The molecule has 12 heterocycles. The number of rotatable bonds is 14. The van der Waals surface area contributed by atoms with Gasteiger partial charge in [-0.05, 0) is 143 Å². The van der Waals surface area contributed by atoms with Gasteiger partial charge in [0.25, 0.3) is 11.8 Å². The number of hydrogen-bond donors (Lipinski definition) is 7. The number of fused-ring (bicyclic) bond motifs is 6. The Morgan fingerprint density at radius 3 is 1.06 bits per heavy atom. The van der Waals surface area contributed by atoms with Crippen LogP contribution in [0.5, 0.6) is 0 Å². The molecule has 8 N–H and O–H groups in total. The number of nitriles is 6. The molecule has 25 nitrogen and oxygen atoms in total. The van der Waals surface area contributed by atoms with Crippen LogP contribution in [-0.4, -0.2) is 82.7 Å². The van der Waals surface area contributed by atoms with Gasteiger partial charge in [-0.2, -0.15) is 31.6 Å². The zero-order chi connectivity index (χ0) is 74.4. The van der Waals surface area contributed by atoms with Crippen LogP contribution in [0.15, 0.2) is 184 Å². The summed E-state index contributed by atoms with van der Waals surface area (Å²) in [6, 6.07) is 43.9. The Bertz CT molecular complexity index is 6020. The number of benzene rings is 3. The molecule has 0 bridgehead atoms. The summed E-state index contributed by atoms with van der Waals surface area (Å²) in [4.78, 5) is 83.9. The van der Waals surface area contributed by atoms with Gasteiger partial charge in [0.15, 0.2) is 0 Å². The van der Waals surface area contributed by atoms with Gasteiger partial charge in [-0.1, -0.05) is 34.8 Å². The van der Waals surface area contributed by atoms with Crippen LogP contribution in [0.3, 0.4) is 0 Å². The van der Waals surface area contributed by atoms with Crippen LogP contribution >= 0.6 is 34.8 Å². The van der Waals surface area contributed by atoms with E-state index in [1.807, 2.05) is 42.5 Å². The Kier molecular flexibility index (Phi) is 21.9. The molecule has 0 radical (unpaired) electrons. The maximum atomic E-state index is 12.8. The SMILES string of the molecule is N#Cc1cnc2c(C#N)cc(Cc3cc(C(=O)NCc4cnc5[nH]cc(Cl)c5c4)ccn3)cc2c1.N#Cc1cnc2c(C#N)cc(Cc3cc(C(=O)NCc4cnc5[nH]cc(Cl)c5c4)ccn3)cc2c1.N#Cc1cnc2c(C#N)cc(Cc3cc(C(=O)O)ccn3)cc2c1.NCc1cnc2[nH]cc(Cl)c2c1. The Morgan fingerprint density at radius 2 is 0.726 bits per heavy atom. The lowest BCUT2D eigenvalue weighted by Crippen LogP contribution is -2.23. The number of amides is 2. The van der Waals surface area contributed by atoms with Crippen LogP contribution in [0.2, 0.25) is 15.1 Å². The third-order valence-electron chi connectivity index (χ3n) is 16.4. The summed E-state index contributed by atoms with van der Waals surface area (Å²) >= 11 is 18.2. The Morgan fingerprint density at radius 1 is 0.396 bits per heavy atom. The summed E-state index contributed by atoms with van der Waals surface area (Å²) in [6.45, 7) is 1.08. The Balaban J connectivity index is 0.000000140. The van der Waals surface area contributed by atoms with Crippen LogP contribution in [0, 0.1) is 68.0 Å². The quantitative estimate of drug-likeness (QED) is 0.0531. The highest BCUT2D eigenvalue weighted by Crippen LogP contribution is 2.28. The minimum Gasteiger partial charge on any atom is -0.478 e. The molecule has 0 aliphatic carbocycles. The highest BCUT2D eigenvalue weighted by atomic mass is 35.5. The lowest BCUT2D eigenvalue weighted by molar-refractivity contribution is 0.0696. The second kappa shape index (κ2) is 32.5. The topological polar surface area (TPSA) is 428 Å². The highest BCUT2D eigenvalue weighted by Gasteiger charge is 2.16. The van der Waals surface area contributed by atoms with Crippen molar-refractivity contribution in [2.24, 2.45) is 5.73 Å². The van der Waals surface area contributed by atoms with Crippen molar-refractivity contribution in [3.63, 3.8) is 0 Å². The largest absolute Gasteiger partial charge is 0.478 e. The molecule has 0 saturated heterocycles. The standard InChI is InChI=1S/2C26H16ClN7O.C18H10N4O2.C8H8ClN3/c2*27-23-14-33-25-22(23)7-17(12-32-25)13-34-26(35)18-1-2-30-21(8-18)6-15-3-19-5-16(9-28)11-31-24(19)20(4-15)10-29;19-8-12-5-14-3-11(4-15(9-20)17(14)22-10-12)6-16-7-13(18(23)24)1-2-21-16;9-7-4-12-8-6(7)1-5(2-10)3-11-8/h2*1-5,7-8,11-12,14H,6,13H2,(H,32,33)(H,34,35);1-5,7,10H,6H2,(H,23,24);1,3-4H,2,10H2,(H,11,12). The summed E-state index contributed by atoms with van der Waals surface area (Å²) in [6.07, 6.45) is 20.3. The summed E-state index contributed by atoms with van der Waals surface area (Å²) in [5.74, 6) is -1.50. The van der Waals surface area contributed by atoms with Gasteiger partial charge in [0, 0.05) is 174 Å². The maximum Gasteiger partial charge on any atom is 0.335 e. The minimum absolute atomic E-state index is 0.162. The molecule has 0 fully saturated rings. The molecule has 0 aliphatic rings. The molecule has 2 amide bonds. The van der Waals surface area contributed by atoms with Crippen molar-refractivity contribution in [1.29, 1.82) is 31.6 Å². The molecular weight excluding hydrogens is 1400 g/mol. The van der Waals surface area contributed by atoms with E-state index in [1.165, 1.54) is 36.9 Å². The summed E-state index contributed by atoms with van der Waals surface area (Å²) in [5.41, 5.74) is 19.9. The van der Waals surface area contributed by atoms with Crippen molar-refractivity contribution in [1.82, 2.24) is 70.4 Å². The van der Waals surface area contributed by atoms with Crippen molar-refractivity contribution in [3.05, 3.63) is 299 Å². The Labute approximate surface area is 616 Å². The number of aromatic amines is 3. The van der Waals surface area contributed by atoms with E-state index in [9.17, 15) is 30.2 Å². The van der Waals surface area contributed by atoms with E-state index in [4.69, 9.17) is 61.4 Å².